The molecule has 0 bridgehead atoms. The predicted molar refractivity (Wildman–Crippen MR) is 78.5 cm³/mol. The maximum atomic E-state index is 13.0. The molecule has 0 aliphatic rings. The fourth-order valence-corrected chi connectivity index (χ4v) is 1.90. The Labute approximate surface area is 127 Å². The molecule has 2 aromatic rings. The lowest BCUT2D eigenvalue weighted by atomic mass is 10.2. The number of aromatic nitrogens is 1. The maximum Gasteiger partial charge on any atom is 0.162 e. The van der Waals surface area contributed by atoms with E-state index in [1.165, 1.54) is 6.07 Å². The number of rotatable bonds is 7. The summed E-state index contributed by atoms with van der Waals surface area (Å²) in [5.74, 6) is -1.72. The summed E-state index contributed by atoms with van der Waals surface area (Å²) < 4.78 is 31.0. The Morgan fingerprint density at radius 1 is 1.27 bits per heavy atom. The van der Waals surface area contributed by atoms with Crippen molar-refractivity contribution >= 4 is 0 Å². The van der Waals surface area contributed by atoms with Crippen molar-refractivity contribution in [2.75, 3.05) is 13.2 Å². The van der Waals surface area contributed by atoms with Crippen LogP contribution in [0.5, 0.6) is 5.75 Å². The maximum absolute atomic E-state index is 13.0. The highest BCUT2D eigenvalue weighted by Gasteiger charge is 2.08. The number of hydrogen-bond acceptors (Lipinski definition) is 4. The highest BCUT2D eigenvalue weighted by atomic mass is 19.2. The minimum Gasteiger partial charge on any atom is -0.491 e. The Kier molecular flexibility index (Phi) is 5.80. The SMILES string of the molecule is Cc1ncccc1CNCC(O)COc1ccc(F)c(F)c1. The highest BCUT2D eigenvalue weighted by Crippen LogP contribution is 2.15. The van der Waals surface area contributed by atoms with Crippen molar-refractivity contribution in [3.05, 3.63) is 59.4 Å². The van der Waals surface area contributed by atoms with Crippen LogP contribution in [-0.4, -0.2) is 29.3 Å². The van der Waals surface area contributed by atoms with Gasteiger partial charge in [0.05, 0.1) is 0 Å². The number of nitrogens with one attached hydrogen (secondary N) is 1. The topological polar surface area (TPSA) is 54.4 Å². The molecule has 1 heterocycles. The summed E-state index contributed by atoms with van der Waals surface area (Å²) in [5, 5.41) is 12.9. The first-order valence-corrected chi connectivity index (χ1v) is 6.93. The molecule has 0 fully saturated rings. The van der Waals surface area contributed by atoms with Crippen molar-refractivity contribution in [1.29, 1.82) is 0 Å². The van der Waals surface area contributed by atoms with Crippen molar-refractivity contribution in [3.8, 4) is 5.75 Å². The quantitative estimate of drug-likeness (QED) is 0.823. The molecule has 0 saturated carbocycles. The van der Waals surface area contributed by atoms with Crippen molar-refractivity contribution in [2.24, 2.45) is 0 Å². The Balaban J connectivity index is 1.73. The molecule has 0 saturated heterocycles. The van der Waals surface area contributed by atoms with E-state index in [0.717, 1.165) is 23.4 Å². The highest BCUT2D eigenvalue weighted by molar-refractivity contribution is 5.23. The van der Waals surface area contributed by atoms with Crippen LogP contribution in [0.25, 0.3) is 0 Å². The van der Waals surface area contributed by atoms with E-state index >= 15 is 0 Å². The van der Waals surface area contributed by atoms with E-state index in [4.69, 9.17) is 4.74 Å². The van der Waals surface area contributed by atoms with Crippen LogP contribution < -0.4 is 10.1 Å². The summed E-state index contributed by atoms with van der Waals surface area (Å²) in [7, 11) is 0. The molecular weight excluding hydrogens is 290 g/mol. The van der Waals surface area contributed by atoms with Gasteiger partial charge in [-0.1, -0.05) is 6.07 Å². The zero-order valence-electron chi connectivity index (χ0n) is 12.2. The van der Waals surface area contributed by atoms with Gasteiger partial charge in [0.1, 0.15) is 18.5 Å². The van der Waals surface area contributed by atoms with Crippen LogP contribution in [0.3, 0.4) is 0 Å². The average Bonchev–Trinajstić information content (AvgIpc) is 2.50. The van der Waals surface area contributed by atoms with Gasteiger partial charge < -0.3 is 15.2 Å². The zero-order chi connectivity index (χ0) is 15.9. The van der Waals surface area contributed by atoms with Crippen molar-refractivity contribution in [3.63, 3.8) is 0 Å². The third kappa shape index (κ3) is 4.75. The summed E-state index contributed by atoms with van der Waals surface area (Å²) in [5.41, 5.74) is 1.98. The lowest BCUT2D eigenvalue weighted by Gasteiger charge is -2.14. The van der Waals surface area contributed by atoms with E-state index in [0.29, 0.717) is 13.1 Å². The molecule has 2 rings (SSSR count). The van der Waals surface area contributed by atoms with Crippen molar-refractivity contribution in [2.45, 2.75) is 19.6 Å². The van der Waals surface area contributed by atoms with E-state index in [9.17, 15) is 13.9 Å². The van der Waals surface area contributed by atoms with Crippen molar-refractivity contribution < 1.29 is 18.6 Å². The molecule has 0 aliphatic carbocycles. The third-order valence-electron chi connectivity index (χ3n) is 3.15. The molecule has 1 aromatic carbocycles. The Morgan fingerprint density at radius 3 is 2.82 bits per heavy atom. The van der Waals surface area contributed by atoms with Gasteiger partial charge in [-0.3, -0.25) is 4.98 Å². The van der Waals surface area contributed by atoms with Crippen LogP contribution in [-0.2, 0) is 6.54 Å². The van der Waals surface area contributed by atoms with Gasteiger partial charge in [0.25, 0.3) is 0 Å². The summed E-state index contributed by atoms with van der Waals surface area (Å²) in [4.78, 5) is 4.17. The minimum atomic E-state index is -0.975. The number of hydrogen-bond donors (Lipinski definition) is 2. The molecule has 118 valence electrons. The number of halogens is 2. The number of nitrogens with zero attached hydrogens (tertiary/aromatic N) is 1. The van der Waals surface area contributed by atoms with Crippen LogP contribution in [0, 0.1) is 18.6 Å². The molecule has 0 amide bonds. The van der Waals surface area contributed by atoms with E-state index in [-0.39, 0.29) is 12.4 Å². The first-order chi connectivity index (χ1) is 10.6. The number of aliphatic hydroxyl groups is 1. The monoisotopic (exact) mass is 308 g/mol. The number of aliphatic hydroxyl groups excluding tert-OH is 1. The molecule has 0 spiro atoms. The molecule has 4 nitrogen and oxygen atoms in total. The van der Waals surface area contributed by atoms with E-state index < -0.39 is 17.7 Å². The molecule has 1 atom stereocenters. The van der Waals surface area contributed by atoms with Crippen LogP contribution in [0.15, 0.2) is 36.5 Å². The molecule has 1 unspecified atom stereocenters. The van der Waals surface area contributed by atoms with E-state index in [1.54, 1.807) is 6.20 Å². The first kappa shape index (κ1) is 16.3. The van der Waals surface area contributed by atoms with Crippen molar-refractivity contribution in [1.82, 2.24) is 10.3 Å². The largest absolute Gasteiger partial charge is 0.491 e. The number of aryl methyl sites for hydroxylation is 1. The van der Waals surface area contributed by atoms with E-state index in [2.05, 4.69) is 10.3 Å². The van der Waals surface area contributed by atoms with Crippen LogP contribution in [0.2, 0.25) is 0 Å². The molecule has 1 aromatic heterocycles. The predicted octanol–water partition coefficient (Wildman–Crippen LogP) is 2.20. The zero-order valence-corrected chi connectivity index (χ0v) is 12.2. The number of benzene rings is 1. The summed E-state index contributed by atoms with van der Waals surface area (Å²) >= 11 is 0. The first-order valence-electron chi connectivity index (χ1n) is 6.93. The Morgan fingerprint density at radius 2 is 2.09 bits per heavy atom. The minimum absolute atomic E-state index is 0.00983. The molecule has 22 heavy (non-hydrogen) atoms. The van der Waals surface area contributed by atoms with Gasteiger partial charge in [0.15, 0.2) is 11.6 Å². The standard InChI is InChI=1S/C16H18F2N2O2/c1-11-12(3-2-6-20-11)8-19-9-13(21)10-22-14-4-5-15(17)16(18)7-14/h2-7,13,19,21H,8-10H2,1H3. The Hall–Kier alpha value is -2.05. The second-order valence-corrected chi connectivity index (χ2v) is 4.92. The molecule has 0 aliphatic heterocycles. The summed E-state index contributed by atoms with van der Waals surface area (Å²) in [6, 6.07) is 7.07. The van der Waals surface area contributed by atoms with Gasteiger partial charge in [-0.05, 0) is 30.7 Å². The van der Waals surface area contributed by atoms with Crippen LogP contribution in [0.4, 0.5) is 8.78 Å². The van der Waals surface area contributed by atoms with Crippen LogP contribution >= 0.6 is 0 Å². The normalized spacial score (nSPS) is 12.2. The number of pyridine rings is 1. The van der Waals surface area contributed by atoms with Gasteiger partial charge in [0, 0.05) is 31.0 Å². The smallest absolute Gasteiger partial charge is 0.162 e. The fourth-order valence-electron chi connectivity index (χ4n) is 1.90. The molecule has 6 heteroatoms. The van der Waals surface area contributed by atoms with Gasteiger partial charge in [-0.15, -0.1) is 0 Å². The summed E-state index contributed by atoms with van der Waals surface area (Å²) in [6.45, 7) is 2.81. The van der Waals surface area contributed by atoms with Gasteiger partial charge in [-0.25, -0.2) is 8.78 Å². The third-order valence-corrected chi connectivity index (χ3v) is 3.15. The fraction of sp³-hybridized carbons (Fsp3) is 0.312. The molecule has 2 N–H and O–H groups in total. The second-order valence-electron chi connectivity index (χ2n) is 4.92. The second kappa shape index (κ2) is 7.82. The van der Waals surface area contributed by atoms with Gasteiger partial charge >= 0.3 is 0 Å². The summed E-state index contributed by atoms with van der Waals surface area (Å²) in [6.07, 6.45) is 0.966. The van der Waals surface area contributed by atoms with Crippen LogP contribution in [0.1, 0.15) is 11.3 Å². The number of ether oxygens (including phenoxy) is 1. The lowest BCUT2D eigenvalue weighted by molar-refractivity contribution is 0.106. The van der Waals surface area contributed by atoms with E-state index in [1.807, 2.05) is 19.1 Å². The average molecular weight is 308 g/mol. The molecule has 0 radical (unpaired) electrons. The molecular formula is C16H18F2N2O2. The van der Waals surface area contributed by atoms with Gasteiger partial charge in [-0.2, -0.15) is 0 Å². The Bertz CT molecular complexity index is 623. The van der Waals surface area contributed by atoms with Gasteiger partial charge in [0.2, 0.25) is 0 Å². The lowest BCUT2D eigenvalue weighted by Crippen LogP contribution is -2.31.